The zero-order chi connectivity index (χ0) is 53.4. The average molecular weight is 1140 g/mol. The Labute approximate surface area is 464 Å². The Bertz CT molecular complexity index is 2470. The Hall–Kier alpha value is -4.66. The van der Waals surface area contributed by atoms with Gasteiger partial charge in [-0.15, -0.1) is 0 Å². The van der Waals surface area contributed by atoms with Crippen LogP contribution in [0.25, 0.3) is 0 Å². The van der Waals surface area contributed by atoms with Crippen LogP contribution in [0.1, 0.15) is 0 Å². The molecule has 1 aliphatic heterocycles. The van der Waals surface area contributed by atoms with Gasteiger partial charge in [0.25, 0.3) is 0 Å². The van der Waals surface area contributed by atoms with E-state index in [9.17, 15) is 0 Å². The van der Waals surface area contributed by atoms with E-state index in [0.29, 0.717) is 0 Å². The summed E-state index contributed by atoms with van der Waals surface area (Å²) in [4.78, 5) is 0. The van der Waals surface area contributed by atoms with Gasteiger partial charge in [-0.1, -0.05) is 310 Å². The molecule has 0 unspecified atom stereocenters. The fraction of sp³-hybridized carbons (Fsp3) is 0.250. The number of benzene rings is 8. The molecule has 1 saturated heterocycles. The third-order valence-electron chi connectivity index (χ3n) is 17.3. The van der Waals surface area contributed by atoms with Gasteiger partial charge >= 0.3 is 34.2 Å². The molecule has 9 rings (SSSR count). The van der Waals surface area contributed by atoms with E-state index < -0.39 is 66.5 Å². The van der Waals surface area contributed by atoms with E-state index >= 15 is 0 Å². The first-order chi connectivity index (χ1) is 36.5. The lowest BCUT2D eigenvalue weighted by atomic mass is 10.4. The fourth-order valence-electron chi connectivity index (χ4n) is 12.5. The minimum absolute atomic E-state index is 0.862. The summed E-state index contributed by atoms with van der Waals surface area (Å²) in [6.07, 6.45) is 0. The monoisotopic (exact) mass is 1140 g/mol. The van der Waals surface area contributed by atoms with Crippen LogP contribution in [-0.4, -0.2) is 66.5 Å². The SMILES string of the molecule is C[Si]1(CC[Si](C)(c2ccccc2)c2ccccc2)O[Si](C)(CC[Si](C)(c2ccccc2)c2ccccc2)O[Si](C)(CC[Si](C)(c2ccccc2)c2ccccc2)O[Si](C)(CC[Si](C)(c2ccccc2)c2ccccc2)O1. The minimum atomic E-state index is -3.13. The van der Waals surface area contributed by atoms with Crippen molar-refractivity contribution in [2.45, 2.75) is 101 Å². The molecule has 0 amide bonds. The topological polar surface area (TPSA) is 36.9 Å². The van der Waals surface area contributed by atoms with Gasteiger partial charge in [0.1, 0.15) is 32.3 Å². The average Bonchev–Trinajstić information content (AvgIpc) is 3.49. The van der Waals surface area contributed by atoms with E-state index in [1.165, 1.54) is 41.5 Å². The maximum atomic E-state index is 8.28. The lowest BCUT2D eigenvalue weighted by molar-refractivity contribution is 0.225. The van der Waals surface area contributed by atoms with Crippen molar-refractivity contribution in [1.82, 2.24) is 0 Å². The first-order valence-electron chi connectivity index (χ1n) is 27.7. The highest BCUT2D eigenvalue weighted by Gasteiger charge is 2.58. The molecule has 0 radical (unpaired) electrons. The van der Waals surface area contributed by atoms with E-state index in [-0.39, 0.29) is 0 Å². The maximum Gasteiger partial charge on any atom is 0.317 e. The molecule has 4 nitrogen and oxygen atoms in total. The van der Waals surface area contributed by atoms with Crippen LogP contribution in [0.3, 0.4) is 0 Å². The quantitative estimate of drug-likeness (QED) is 0.0713. The molecule has 0 spiro atoms. The molecule has 0 saturated carbocycles. The van der Waals surface area contributed by atoms with Gasteiger partial charge in [0, 0.05) is 0 Å². The van der Waals surface area contributed by atoms with Crippen LogP contribution in [-0.2, 0) is 16.5 Å². The van der Waals surface area contributed by atoms with E-state index in [1.54, 1.807) is 0 Å². The van der Waals surface area contributed by atoms with E-state index in [4.69, 9.17) is 16.5 Å². The summed E-state index contributed by atoms with van der Waals surface area (Å²) in [5, 5.41) is 11.6. The molecule has 8 aromatic rings. The first-order valence-corrected chi connectivity index (χ1v) is 48.7. The van der Waals surface area contributed by atoms with Crippen LogP contribution in [0.2, 0.25) is 101 Å². The number of rotatable bonds is 20. The number of hydrogen-bond acceptors (Lipinski definition) is 4. The predicted molar refractivity (Wildman–Crippen MR) is 344 cm³/mol. The molecule has 0 bridgehead atoms. The summed E-state index contributed by atoms with van der Waals surface area (Å²) in [5.41, 5.74) is 0. The summed E-state index contributed by atoms with van der Waals surface area (Å²) in [5.74, 6) is 0. The summed E-state index contributed by atoms with van der Waals surface area (Å²) < 4.78 is 33.1. The highest BCUT2D eigenvalue weighted by molar-refractivity contribution is 7.05. The van der Waals surface area contributed by atoms with Crippen molar-refractivity contribution >= 4 is 108 Å². The highest BCUT2D eigenvalue weighted by Crippen LogP contribution is 2.42. The predicted octanol–water partition coefficient (Wildman–Crippen LogP) is 11.9. The van der Waals surface area contributed by atoms with Crippen molar-refractivity contribution in [3.05, 3.63) is 243 Å². The van der Waals surface area contributed by atoms with Gasteiger partial charge in [0.15, 0.2) is 0 Å². The molecule has 0 N–H and O–H groups in total. The fourth-order valence-corrected chi connectivity index (χ4v) is 58.9. The van der Waals surface area contributed by atoms with Crippen LogP contribution < -0.4 is 41.5 Å². The molecule has 0 atom stereocenters. The molecule has 76 heavy (non-hydrogen) atoms. The highest BCUT2D eigenvalue weighted by atomic mass is 28.5. The van der Waals surface area contributed by atoms with Crippen molar-refractivity contribution in [1.29, 1.82) is 0 Å². The van der Waals surface area contributed by atoms with Crippen molar-refractivity contribution in [3.8, 4) is 0 Å². The first kappa shape index (κ1) is 56.1. The number of hydrogen-bond donors (Lipinski definition) is 0. The normalized spacial score (nSPS) is 21.6. The third-order valence-corrected chi connectivity index (χ3v) is 55.6. The van der Waals surface area contributed by atoms with Crippen LogP contribution in [0.15, 0.2) is 243 Å². The molecule has 1 heterocycles. The van der Waals surface area contributed by atoms with Gasteiger partial charge in [-0.3, -0.25) is 0 Å². The Morgan fingerprint density at radius 2 is 0.342 bits per heavy atom. The standard InChI is InChI=1S/C64H80O4Si8/c1-69(57-33-17-9-18-34-57,58-35-19-10-20-36-58)49-53-73(5)65-74(6,54-50-70(2,59-37-21-11-22-38-59)60-39-23-12-24-40-60)67-76(8,56-52-72(4,63-45-29-15-30-46-63)64-47-31-16-32-48-64)68-75(7,66-73)55-51-71(3,61-41-25-13-26-42-61)62-43-27-14-28-44-62/h9-48H,49-56H2,1-8H3. The molecule has 8 aromatic carbocycles. The molecule has 1 fully saturated rings. The van der Waals surface area contributed by atoms with Crippen LogP contribution >= 0.6 is 0 Å². The third kappa shape index (κ3) is 12.8. The summed E-state index contributed by atoms with van der Waals surface area (Å²) in [6, 6.07) is 98.0. The van der Waals surface area contributed by atoms with Crippen LogP contribution in [0, 0.1) is 0 Å². The lowest BCUT2D eigenvalue weighted by Gasteiger charge is -2.52. The lowest BCUT2D eigenvalue weighted by Crippen LogP contribution is -2.69. The molecule has 0 aliphatic carbocycles. The van der Waals surface area contributed by atoms with Gasteiger partial charge in [-0.05, 0) is 74.5 Å². The van der Waals surface area contributed by atoms with Crippen molar-refractivity contribution in [2.24, 2.45) is 0 Å². The second-order valence-electron chi connectivity index (χ2n) is 23.2. The largest absolute Gasteiger partial charge is 0.416 e. The summed E-state index contributed by atoms with van der Waals surface area (Å²) in [7, 11) is -21.7. The Balaban J connectivity index is 1.16. The molecule has 0 aromatic heterocycles. The van der Waals surface area contributed by atoms with Gasteiger partial charge in [-0.2, -0.15) is 0 Å². The van der Waals surface area contributed by atoms with Crippen LogP contribution in [0.4, 0.5) is 0 Å². The molecule has 392 valence electrons. The van der Waals surface area contributed by atoms with E-state index in [0.717, 1.165) is 48.4 Å². The Morgan fingerprint density at radius 1 is 0.224 bits per heavy atom. The summed E-state index contributed by atoms with van der Waals surface area (Å²) in [6.45, 7) is 19.9. The van der Waals surface area contributed by atoms with Gasteiger partial charge in [0.05, 0.1) is 0 Å². The van der Waals surface area contributed by atoms with Gasteiger partial charge < -0.3 is 16.5 Å². The van der Waals surface area contributed by atoms with E-state index in [2.05, 4.69) is 295 Å². The zero-order valence-electron chi connectivity index (χ0n) is 46.4. The minimum Gasteiger partial charge on any atom is -0.416 e. The summed E-state index contributed by atoms with van der Waals surface area (Å²) >= 11 is 0. The molecular weight excluding hydrogens is 1060 g/mol. The smallest absolute Gasteiger partial charge is 0.317 e. The Kier molecular flexibility index (Phi) is 17.5. The second kappa shape index (κ2) is 23.7. The Morgan fingerprint density at radius 3 is 0.461 bits per heavy atom. The second-order valence-corrected chi connectivity index (χ2v) is 54.8. The van der Waals surface area contributed by atoms with Crippen molar-refractivity contribution in [2.75, 3.05) is 0 Å². The van der Waals surface area contributed by atoms with Crippen molar-refractivity contribution < 1.29 is 16.5 Å². The van der Waals surface area contributed by atoms with E-state index in [1.807, 2.05) is 0 Å². The van der Waals surface area contributed by atoms with Gasteiger partial charge in [0.2, 0.25) is 0 Å². The van der Waals surface area contributed by atoms with Crippen LogP contribution in [0.5, 0.6) is 0 Å². The zero-order valence-corrected chi connectivity index (χ0v) is 54.4. The molecule has 12 heteroatoms. The van der Waals surface area contributed by atoms with Gasteiger partial charge in [-0.25, -0.2) is 0 Å². The molecular formula is C64H80O4Si8. The van der Waals surface area contributed by atoms with Crippen molar-refractivity contribution in [3.63, 3.8) is 0 Å². The molecule has 1 aliphatic rings. The maximum absolute atomic E-state index is 8.28.